The molecule has 2 aromatic heterocycles. The van der Waals surface area contributed by atoms with E-state index < -0.39 is 0 Å². The number of rotatable bonds is 2. The zero-order valence-corrected chi connectivity index (χ0v) is 11.6. The number of fused-ring (bicyclic) bond motifs is 1. The van der Waals surface area contributed by atoms with Gasteiger partial charge in [0.2, 0.25) is 0 Å². The smallest absolute Gasteiger partial charge is 0.134 e. The molecule has 0 atom stereocenters. The summed E-state index contributed by atoms with van der Waals surface area (Å²) in [6.07, 6.45) is 1.80. The maximum atomic E-state index is 4.48. The molecule has 0 aliphatic rings. The molecule has 0 aromatic carbocycles. The lowest BCUT2D eigenvalue weighted by molar-refractivity contribution is 0.472. The van der Waals surface area contributed by atoms with Crippen LogP contribution in [0.4, 0.5) is 0 Å². The van der Waals surface area contributed by atoms with Gasteiger partial charge >= 0.3 is 0 Å². The third-order valence-corrected chi connectivity index (χ3v) is 2.35. The van der Waals surface area contributed by atoms with E-state index in [0.29, 0.717) is 5.92 Å². The third kappa shape index (κ3) is 2.81. The number of nitrogens with zero attached hydrogens (tertiary/aromatic N) is 4. The molecule has 0 unspecified atom stereocenters. The summed E-state index contributed by atoms with van der Waals surface area (Å²) >= 11 is 0. The second-order valence-corrected chi connectivity index (χ2v) is 4.33. The van der Waals surface area contributed by atoms with Crippen molar-refractivity contribution in [1.29, 1.82) is 0 Å². The maximum absolute atomic E-state index is 4.48. The Morgan fingerprint density at radius 2 is 1.71 bits per heavy atom. The van der Waals surface area contributed by atoms with Crippen LogP contribution in [0.25, 0.3) is 11.0 Å². The van der Waals surface area contributed by atoms with E-state index in [2.05, 4.69) is 42.9 Å². The van der Waals surface area contributed by atoms with Gasteiger partial charge in [0, 0.05) is 6.20 Å². The molecule has 0 fully saturated rings. The molecule has 0 bridgehead atoms. The van der Waals surface area contributed by atoms with Crippen LogP contribution < -0.4 is 0 Å². The fraction of sp³-hybridized carbons (Fsp3) is 0.615. The van der Waals surface area contributed by atoms with Gasteiger partial charge in [0.1, 0.15) is 11.0 Å². The Bertz CT molecular complexity index is 471. The molecule has 0 N–H and O–H groups in total. The van der Waals surface area contributed by atoms with Gasteiger partial charge in [-0.3, -0.25) is 4.98 Å². The highest BCUT2D eigenvalue weighted by Crippen LogP contribution is 2.20. The lowest BCUT2D eigenvalue weighted by Gasteiger charge is -2.03. The standard InChI is InChI=1S/C11H16N4.C2H6/c1-7(2)10-11-9(5-6-12-10)13-15(14-11)8(3)4;1-2/h5-8H,1-4H3;1-2H3. The van der Waals surface area contributed by atoms with Crippen LogP contribution >= 0.6 is 0 Å². The first kappa shape index (κ1) is 13.6. The molecule has 0 amide bonds. The highest BCUT2D eigenvalue weighted by atomic mass is 15.5. The highest BCUT2D eigenvalue weighted by Gasteiger charge is 2.12. The lowest BCUT2D eigenvalue weighted by Crippen LogP contribution is -2.04. The van der Waals surface area contributed by atoms with Crippen molar-refractivity contribution < 1.29 is 0 Å². The monoisotopic (exact) mass is 234 g/mol. The van der Waals surface area contributed by atoms with Gasteiger partial charge in [-0.1, -0.05) is 27.7 Å². The number of aromatic nitrogens is 4. The summed E-state index contributed by atoms with van der Waals surface area (Å²) in [7, 11) is 0. The Morgan fingerprint density at radius 3 is 2.24 bits per heavy atom. The Labute approximate surface area is 103 Å². The first-order chi connectivity index (χ1) is 8.09. The fourth-order valence-corrected chi connectivity index (χ4v) is 1.53. The Balaban J connectivity index is 0.000000686. The number of hydrogen-bond donors (Lipinski definition) is 0. The summed E-state index contributed by atoms with van der Waals surface area (Å²) in [6, 6.07) is 2.20. The van der Waals surface area contributed by atoms with E-state index in [4.69, 9.17) is 0 Å². The lowest BCUT2D eigenvalue weighted by atomic mass is 10.1. The molecule has 2 heterocycles. The Morgan fingerprint density at radius 1 is 1.06 bits per heavy atom. The van der Waals surface area contributed by atoms with Crippen LogP contribution in [0, 0.1) is 0 Å². The van der Waals surface area contributed by atoms with E-state index in [-0.39, 0.29) is 6.04 Å². The summed E-state index contributed by atoms with van der Waals surface area (Å²) in [5.41, 5.74) is 2.89. The van der Waals surface area contributed by atoms with Gasteiger partial charge < -0.3 is 0 Å². The Hall–Kier alpha value is -1.45. The van der Waals surface area contributed by atoms with Gasteiger partial charge in [0.25, 0.3) is 0 Å². The van der Waals surface area contributed by atoms with E-state index in [9.17, 15) is 0 Å². The molecule has 0 spiro atoms. The first-order valence-electron chi connectivity index (χ1n) is 6.31. The minimum absolute atomic E-state index is 0.289. The van der Waals surface area contributed by atoms with Crippen molar-refractivity contribution in [3.05, 3.63) is 18.0 Å². The van der Waals surface area contributed by atoms with E-state index in [1.807, 2.05) is 19.9 Å². The van der Waals surface area contributed by atoms with Crippen LogP contribution in [0.15, 0.2) is 12.3 Å². The summed E-state index contributed by atoms with van der Waals surface area (Å²) in [6.45, 7) is 12.4. The topological polar surface area (TPSA) is 43.6 Å². The summed E-state index contributed by atoms with van der Waals surface area (Å²) < 4.78 is 0. The van der Waals surface area contributed by atoms with Crippen LogP contribution in [0.1, 0.15) is 59.2 Å². The summed E-state index contributed by atoms with van der Waals surface area (Å²) in [5, 5.41) is 8.90. The largest absolute Gasteiger partial charge is 0.259 e. The average Bonchev–Trinajstić information content (AvgIpc) is 2.74. The van der Waals surface area contributed by atoms with Crippen LogP contribution in [0.2, 0.25) is 0 Å². The molecule has 2 aromatic rings. The fourth-order valence-electron chi connectivity index (χ4n) is 1.53. The van der Waals surface area contributed by atoms with Gasteiger partial charge in [0.05, 0.1) is 11.7 Å². The molecular formula is C13H22N4. The van der Waals surface area contributed by atoms with Crippen molar-refractivity contribution in [2.45, 2.75) is 53.5 Å². The van der Waals surface area contributed by atoms with E-state index >= 15 is 0 Å². The maximum Gasteiger partial charge on any atom is 0.134 e. The normalized spacial score (nSPS) is 10.8. The molecule has 94 valence electrons. The van der Waals surface area contributed by atoms with Crippen molar-refractivity contribution >= 4 is 11.0 Å². The molecule has 4 nitrogen and oxygen atoms in total. The van der Waals surface area contributed by atoms with Crippen LogP contribution in [-0.4, -0.2) is 20.0 Å². The van der Waals surface area contributed by atoms with Crippen LogP contribution in [-0.2, 0) is 0 Å². The molecular weight excluding hydrogens is 212 g/mol. The van der Waals surface area contributed by atoms with Crippen molar-refractivity contribution in [1.82, 2.24) is 20.0 Å². The van der Waals surface area contributed by atoms with Crippen molar-refractivity contribution in [2.24, 2.45) is 0 Å². The van der Waals surface area contributed by atoms with Gasteiger partial charge in [-0.2, -0.15) is 15.0 Å². The second kappa shape index (κ2) is 5.75. The van der Waals surface area contributed by atoms with Gasteiger partial charge in [-0.15, -0.1) is 0 Å². The molecule has 17 heavy (non-hydrogen) atoms. The predicted molar refractivity (Wildman–Crippen MR) is 71.1 cm³/mol. The van der Waals surface area contributed by atoms with E-state index in [1.54, 1.807) is 11.0 Å². The molecule has 0 aliphatic heterocycles. The second-order valence-electron chi connectivity index (χ2n) is 4.33. The van der Waals surface area contributed by atoms with Crippen LogP contribution in [0.3, 0.4) is 0 Å². The van der Waals surface area contributed by atoms with Gasteiger partial charge in [0.15, 0.2) is 0 Å². The van der Waals surface area contributed by atoms with Crippen molar-refractivity contribution in [3.63, 3.8) is 0 Å². The third-order valence-electron chi connectivity index (χ3n) is 2.35. The number of hydrogen-bond acceptors (Lipinski definition) is 3. The van der Waals surface area contributed by atoms with Crippen molar-refractivity contribution in [3.8, 4) is 0 Å². The first-order valence-corrected chi connectivity index (χ1v) is 6.31. The molecule has 0 saturated heterocycles. The number of pyridine rings is 1. The highest BCUT2D eigenvalue weighted by molar-refractivity contribution is 5.76. The minimum atomic E-state index is 0.289. The molecule has 2 rings (SSSR count). The molecule has 4 heteroatoms. The molecule has 0 radical (unpaired) electrons. The molecule has 0 aliphatic carbocycles. The van der Waals surface area contributed by atoms with E-state index in [1.165, 1.54) is 0 Å². The van der Waals surface area contributed by atoms with Crippen LogP contribution in [0.5, 0.6) is 0 Å². The predicted octanol–water partition coefficient (Wildman–Crippen LogP) is 3.56. The zero-order chi connectivity index (χ0) is 13.0. The zero-order valence-electron chi connectivity index (χ0n) is 11.6. The Kier molecular flexibility index (Phi) is 4.61. The summed E-state index contributed by atoms with van der Waals surface area (Å²) in [5.74, 6) is 0.381. The van der Waals surface area contributed by atoms with Gasteiger partial charge in [-0.25, -0.2) is 0 Å². The SMILES string of the molecule is CC.CC(C)c1nccc2nn(C(C)C)nc12. The molecule has 0 saturated carbocycles. The van der Waals surface area contributed by atoms with Gasteiger partial charge in [-0.05, 0) is 25.8 Å². The summed E-state index contributed by atoms with van der Waals surface area (Å²) in [4.78, 5) is 6.11. The minimum Gasteiger partial charge on any atom is -0.259 e. The van der Waals surface area contributed by atoms with E-state index in [0.717, 1.165) is 16.7 Å². The quantitative estimate of drug-likeness (QED) is 0.798. The average molecular weight is 234 g/mol. The van der Waals surface area contributed by atoms with Crippen molar-refractivity contribution in [2.75, 3.05) is 0 Å².